The van der Waals surface area contributed by atoms with Gasteiger partial charge in [0, 0.05) is 10.9 Å². The van der Waals surface area contributed by atoms with Crippen LogP contribution in [0.3, 0.4) is 0 Å². The summed E-state index contributed by atoms with van der Waals surface area (Å²) >= 11 is 0. The molecule has 0 unspecified atom stereocenters. The van der Waals surface area contributed by atoms with Crippen molar-refractivity contribution in [3.05, 3.63) is 53.1 Å². The van der Waals surface area contributed by atoms with Crippen molar-refractivity contribution >= 4 is 22.7 Å². The standard InChI is InChI=1S/C16H8F3N3O2/c17-16(18,19)7-4-5-11-10(6-7)13(22-21-11)8-2-1-3-9-12(8)15(24)20-14(9)23/h1-6H,(H,21,22)(H,20,23,24). The number of hydrogen-bond donors (Lipinski definition) is 2. The Bertz CT molecular complexity index is 1020. The van der Waals surface area contributed by atoms with E-state index in [0.29, 0.717) is 11.1 Å². The first-order chi connectivity index (χ1) is 11.4. The topological polar surface area (TPSA) is 74.8 Å². The molecule has 8 heteroatoms. The lowest BCUT2D eigenvalue weighted by Gasteiger charge is -2.07. The molecule has 0 bridgehead atoms. The number of alkyl halides is 3. The molecule has 0 spiro atoms. The van der Waals surface area contributed by atoms with Crippen molar-refractivity contribution in [1.29, 1.82) is 0 Å². The summed E-state index contributed by atoms with van der Waals surface area (Å²) in [6.07, 6.45) is -4.49. The van der Waals surface area contributed by atoms with Gasteiger partial charge < -0.3 is 0 Å². The molecule has 2 amide bonds. The fourth-order valence-corrected chi connectivity index (χ4v) is 2.81. The molecular formula is C16H8F3N3O2. The summed E-state index contributed by atoms with van der Waals surface area (Å²) < 4.78 is 38.8. The third kappa shape index (κ3) is 1.99. The van der Waals surface area contributed by atoms with Gasteiger partial charge >= 0.3 is 6.18 Å². The lowest BCUT2D eigenvalue weighted by atomic mass is 9.98. The first-order valence-electron chi connectivity index (χ1n) is 6.90. The Labute approximate surface area is 132 Å². The van der Waals surface area contributed by atoms with Crippen LogP contribution in [0.4, 0.5) is 13.2 Å². The maximum Gasteiger partial charge on any atom is 0.416 e. The Hall–Kier alpha value is -3.16. The monoisotopic (exact) mass is 331 g/mol. The van der Waals surface area contributed by atoms with E-state index >= 15 is 0 Å². The number of nitrogens with zero attached hydrogens (tertiary/aromatic N) is 1. The van der Waals surface area contributed by atoms with Gasteiger partial charge in [-0.3, -0.25) is 20.0 Å². The molecule has 0 saturated heterocycles. The fraction of sp³-hybridized carbons (Fsp3) is 0.0625. The highest BCUT2D eigenvalue weighted by Crippen LogP contribution is 2.36. The van der Waals surface area contributed by atoms with Crippen molar-refractivity contribution in [3.63, 3.8) is 0 Å². The molecule has 0 aliphatic carbocycles. The number of carbonyl (C=O) groups is 2. The van der Waals surface area contributed by atoms with Crippen LogP contribution in [0.15, 0.2) is 36.4 Å². The second-order valence-corrected chi connectivity index (χ2v) is 5.34. The van der Waals surface area contributed by atoms with Crippen LogP contribution in [-0.4, -0.2) is 22.0 Å². The zero-order valence-electron chi connectivity index (χ0n) is 11.9. The molecule has 0 fully saturated rings. The van der Waals surface area contributed by atoms with E-state index in [-0.39, 0.29) is 22.2 Å². The minimum atomic E-state index is -4.49. The summed E-state index contributed by atoms with van der Waals surface area (Å²) in [5.74, 6) is -1.12. The van der Waals surface area contributed by atoms with Crippen LogP contribution >= 0.6 is 0 Å². The van der Waals surface area contributed by atoms with Gasteiger partial charge in [-0.05, 0) is 24.3 Å². The lowest BCUT2D eigenvalue weighted by molar-refractivity contribution is -0.137. The van der Waals surface area contributed by atoms with Crippen LogP contribution in [-0.2, 0) is 6.18 Å². The number of hydrogen-bond acceptors (Lipinski definition) is 3. The molecule has 5 nitrogen and oxygen atoms in total. The highest BCUT2D eigenvalue weighted by molar-refractivity contribution is 6.24. The third-order valence-corrected chi connectivity index (χ3v) is 3.91. The molecule has 0 atom stereocenters. The Morgan fingerprint density at radius 2 is 1.71 bits per heavy atom. The lowest BCUT2D eigenvalue weighted by Crippen LogP contribution is -2.20. The zero-order valence-corrected chi connectivity index (χ0v) is 11.9. The summed E-state index contributed by atoms with van der Waals surface area (Å²) in [4.78, 5) is 23.7. The second kappa shape index (κ2) is 4.67. The molecule has 3 aromatic rings. The van der Waals surface area contributed by atoms with Gasteiger partial charge in [0.2, 0.25) is 0 Å². The number of halogens is 3. The average Bonchev–Trinajstić information content (AvgIpc) is 3.07. The van der Waals surface area contributed by atoms with E-state index in [1.807, 2.05) is 0 Å². The normalized spacial score (nSPS) is 14.1. The van der Waals surface area contributed by atoms with Crippen LogP contribution in [0.25, 0.3) is 22.2 Å². The Balaban J connectivity index is 1.99. The van der Waals surface area contributed by atoms with Crippen molar-refractivity contribution in [2.24, 2.45) is 0 Å². The molecule has 2 aromatic carbocycles. The average molecular weight is 331 g/mol. The number of rotatable bonds is 1. The summed E-state index contributed by atoms with van der Waals surface area (Å²) in [5, 5.41) is 9.09. The number of imide groups is 1. The van der Waals surface area contributed by atoms with Gasteiger partial charge in [0.05, 0.1) is 22.2 Å². The molecule has 0 saturated carbocycles. The number of benzene rings is 2. The van der Waals surface area contributed by atoms with Crippen LogP contribution in [0.1, 0.15) is 26.3 Å². The van der Waals surface area contributed by atoms with Crippen molar-refractivity contribution in [3.8, 4) is 11.3 Å². The number of aromatic amines is 1. The van der Waals surface area contributed by atoms with Crippen LogP contribution in [0.2, 0.25) is 0 Å². The summed E-state index contributed by atoms with van der Waals surface area (Å²) in [7, 11) is 0. The van der Waals surface area contributed by atoms with Gasteiger partial charge in [-0.15, -0.1) is 0 Å². The molecule has 1 aromatic heterocycles. The number of H-pyrrole nitrogens is 1. The predicted molar refractivity (Wildman–Crippen MR) is 78.3 cm³/mol. The van der Waals surface area contributed by atoms with Gasteiger partial charge in [0.1, 0.15) is 5.69 Å². The molecule has 2 N–H and O–H groups in total. The van der Waals surface area contributed by atoms with E-state index in [9.17, 15) is 22.8 Å². The van der Waals surface area contributed by atoms with Gasteiger partial charge in [0.15, 0.2) is 0 Å². The van der Waals surface area contributed by atoms with Gasteiger partial charge in [0.25, 0.3) is 11.8 Å². The van der Waals surface area contributed by atoms with E-state index in [1.165, 1.54) is 12.1 Å². The maximum atomic E-state index is 12.9. The summed E-state index contributed by atoms with van der Waals surface area (Å²) in [6, 6.07) is 7.80. The Morgan fingerprint density at radius 3 is 2.46 bits per heavy atom. The number of aromatic nitrogens is 2. The minimum absolute atomic E-state index is 0.119. The highest BCUT2D eigenvalue weighted by atomic mass is 19.4. The minimum Gasteiger partial charge on any atom is -0.288 e. The van der Waals surface area contributed by atoms with Crippen LogP contribution in [0.5, 0.6) is 0 Å². The molecular weight excluding hydrogens is 323 g/mol. The van der Waals surface area contributed by atoms with E-state index in [4.69, 9.17) is 0 Å². The molecule has 4 rings (SSSR count). The second-order valence-electron chi connectivity index (χ2n) is 5.34. The predicted octanol–water partition coefficient (Wildman–Crippen LogP) is 3.13. The largest absolute Gasteiger partial charge is 0.416 e. The van der Waals surface area contributed by atoms with Crippen LogP contribution in [0, 0.1) is 0 Å². The molecule has 0 radical (unpaired) electrons. The third-order valence-electron chi connectivity index (χ3n) is 3.91. The van der Waals surface area contributed by atoms with Crippen molar-refractivity contribution in [1.82, 2.24) is 15.5 Å². The maximum absolute atomic E-state index is 12.9. The van der Waals surface area contributed by atoms with E-state index < -0.39 is 23.6 Å². The molecule has 1 aliphatic heterocycles. The van der Waals surface area contributed by atoms with E-state index in [2.05, 4.69) is 15.5 Å². The van der Waals surface area contributed by atoms with Gasteiger partial charge in [-0.1, -0.05) is 12.1 Å². The number of carbonyl (C=O) groups excluding carboxylic acids is 2. The highest BCUT2D eigenvalue weighted by Gasteiger charge is 2.33. The summed E-state index contributed by atoms with van der Waals surface area (Å²) in [5.41, 5.74) is 0.388. The Morgan fingerprint density at radius 1 is 0.958 bits per heavy atom. The number of fused-ring (bicyclic) bond motifs is 2. The molecule has 2 heterocycles. The van der Waals surface area contributed by atoms with E-state index in [0.717, 1.165) is 12.1 Å². The summed E-state index contributed by atoms with van der Waals surface area (Å²) in [6.45, 7) is 0. The van der Waals surface area contributed by atoms with Crippen molar-refractivity contribution < 1.29 is 22.8 Å². The van der Waals surface area contributed by atoms with E-state index in [1.54, 1.807) is 12.1 Å². The van der Waals surface area contributed by atoms with Crippen LogP contribution < -0.4 is 5.32 Å². The number of amides is 2. The molecule has 120 valence electrons. The first kappa shape index (κ1) is 14.4. The Kier molecular flexibility index (Phi) is 2.81. The van der Waals surface area contributed by atoms with Gasteiger partial charge in [-0.25, -0.2) is 0 Å². The molecule has 1 aliphatic rings. The van der Waals surface area contributed by atoms with Crippen molar-refractivity contribution in [2.45, 2.75) is 6.18 Å². The van der Waals surface area contributed by atoms with Gasteiger partial charge in [-0.2, -0.15) is 18.3 Å². The number of nitrogens with one attached hydrogen (secondary N) is 2. The SMILES string of the molecule is O=C1NC(=O)c2c1cccc2-c1n[nH]c2ccc(C(F)(F)F)cc12. The quantitative estimate of drug-likeness (QED) is 0.673. The van der Waals surface area contributed by atoms with Crippen molar-refractivity contribution in [2.75, 3.05) is 0 Å². The first-order valence-corrected chi connectivity index (χ1v) is 6.90. The fourth-order valence-electron chi connectivity index (χ4n) is 2.81. The zero-order chi connectivity index (χ0) is 17.1. The smallest absolute Gasteiger partial charge is 0.288 e. The molecule has 24 heavy (non-hydrogen) atoms.